The van der Waals surface area contributed by atoms with Crippen LogP contribution >= 0.6 is 0 Å². The van der Waals surface area contributed by atoms with Crippen LogP contribution < -0.4 is 0 Å². The normalized spacial score (nSPS) is 28.4. The van der Waals surface area contributed by atoms with Crippen LogP contribution in [0.3, 0.4) is 0 Å². The lowest BCUT2D eigenvalue weighted by atomic mass is 9.68. The molecule has 2 aliphatic carbocycles. The Hall–Kier alpha value is -0.963. The molecule has 2 atom stereocenters. The van der Waals surface area contributed by atoms with Crippen LogP contribution in [0.25, 0.3) is 0 Å². The van der Waals surface area contributed by atoms with E-state index in [9.17, 15) is 9.59 Å². The molecular weight excluding hydrogens is 252 g/mol. The van der Waals surface area contributed by atoms with Crippen molar-refractivity contribution >= 4 is 19.6 Å². The van der Waals surface area contributed by atoms with E-state index in [1.807, 2.05) is 6.92 Å². The Labute approximate surface area is 117 Å². The van der Waals surface area contributed by atoms with Crippen molar-refractivity contribution in [3.8, 4) is 0 Å². The number of carbonyl (C=O) groups is 2. The molecule has 3 heteroatoms. The summed E-state index contributed by atoms with van der Waals surface area (Å²) in [7, 11) is -1.15. The van der Waals surface area contributed by atoms with Gasteiger partial charge in [0.05, 0.1) is 0 Å². The Morgan fingerprint density at radius 2 is 1.58 bits per heavy atom. The van der Waals surface area contributed by atoms with E-state index in [1.54, 1.807) is 6.92 Å². The van der Waals surface area contributed by atoms with Crippen LogP contribution in [0.5, 0.6) is 0 Å². The van der Waals surface area contributed by atoms with Crippen molar-refractivity contribution in [2.24, 2.45) is 11.8 Å². The molecule has 19 heavy (non-hydrogen) atoms. The topological polar surface area (TPSA) is 34.1 Å². The Bertz CT molecular complexity index is 491. The van der Waals surface area contributed by atoms with Crippen molar-refractivity contribution in [2.75, 3.05) is 0 Å². The molecule has 0 radical (unpaired) electrons. The van der Waals surface area contributed by atoms with E-state index in [0.717, 1.165) is 18.9 Å². The molecule has 2 nitrogen and oxygen atoms in total. The maximum absolute atomic E-state index is 12.4. The second kappa shape index (κ2) is 4.86. The summed E-state index contributed by atoms with van der Waals surface area (Å²) in [5.74, 6) is 0.253. The predicted octanol–water partition coefficient (Wildman–Crippen LogP) is 3.77. The van der Waals surface area contributed by atoms with Crippen LogP contribution in [0.1, 0.15) is 26.7 Å². The van der Waals surface area contributed by atoms with Gasteiger partial charge in [-0.25, -0.2) is 0 Å². The molecule has 0 aromatic carbocycles. The molecule has 0 amide bonds. The largest absolute Gasteiger partial charge is 0.294 e. The molecule has 0 heterocycles. The highest BCUT2D eigenvalue weighted by Crippen LogP contribution is 2.40. The summed E-state index contributed by atoms with van der Waals surface area (Å²) >= 11 is 0. The second-order valence-electron chi connectivity index (χ2n) is 7.23. The van der Waals surface area contributed by atoms with Gasteiger partial charge in [0.25, 0.3) is 0 Å². The van der Waals surface area contributed by atoms with Crippen LogP contribution in [0.4, 0.5) is 0 Å². The zero-order chi connectivity index (χ0) is 14.4. The summed E-state index contributed by atoms with van der Waals surface area (Å²) in [6.45, 7) is 10.7. The van der Waals surface area contributed by atoms with Gasteiger partial charge in [-0.15, -0.1) is 0 Å². The third-order valence-electron chi connectivity index (χ3n) is 4.36. The highest BCUT2D eigenvalue weighted by atomic mass is 28.3. The van der Waals surface area contributed by atoms with Gasteiger partial charge in [-0.1, -0.05) is 31.3 Å². The summed E-state index contributed by atoms with van der Waals surface area (Å²) in [6.07, 6.45) is 3.81. The van der Waals surface area contributed by atoms with Gasteiger partial charge in [-0.2, -0.15) is 0 Å². The first-order chi connectivity index (χ1) is 8.70. The Kier molecular flexibility index (Phi) is 3.69. The average Bonchev–Trinajstić information content (AvgIpc) is 2.31. The molecule has 0 aliphatic heterocycles. The molecule has 0 saturated carbocycles. The molecule has 2 aliphatic rings. The molecule has 0 saturated heterocycles. The van der Waals surface area contributed by atoms with Crippen LogP contribution in [0, 0.1) is 11.8 Å². The molecule has 0 bridgehead atoms. The monoisotopic (exact) mass is 276 g/mol. The van der Waals surface area contributed by atoms with Crippen LogP contribution in [-0.4, -0.2) is 19.6 Å². The van der Waals surface area contributed by atoms with Crippen LogP contribution in [0.2, 0.25) is 25.7 Å². The third-order valence-corrected chi connectivity index (χ3v) is 5.88. The highest BCUT2D eigenvalue weighted by molar-refractivity contribution is 6.76. The maximum atomic E-state index is 12.4. The minimum absolute atomic E-state index is 0.0763. The number of carbonyl (C=O) groups excluding carboxylic acids is 2. The number of ketones is 2. The Balaban J connectivity index is 2.24. The van der Waals surface area contributed by atoms with E-state index in [4.69, 9.17) is 0 Å². The van der Waals surface area contributed by atoms with E-state index in [-0.39, 0.29) is 23.4 Å². The molecular formula is C16H24O2Si. The van der Waals surface area contributed by atoms with Gasteiger partial charge in [0.2, 0.25) is 0 Å². The molecule has 0 spiro atoms. The summed E-state index contributed by atoms with van der Waals surface area (Å²) in [5.41, 5.74) is 2.79. The maximum Gasteiger partial charge on any atom is 0.163 e. The lowest BCUT2D eigenvalue weighted by Gasteiger charge is -2.35. The summed E-state index contributed by atoms with van der Waals surface area (Å²) in [6, 6.07) is 1.15. The SMILES string of the molecule is CC1=C(C)C(=O)[C@@H]2CC(C[Si](C)(C)C)=CC[C@@H]2C1=O. The summed E-state index contributed by atoms with van der Waals surface area (Å²) in [4.78, 5) is 24.7. The highest BCUT2D eigenvalue weighted by Gasteiger charge is 2.41. The fourth-order valence-corrected chi connectivity index (χ4v) is 4.93. The molecule has 0 aromatic rings. The zero-order valence-electron chi connectivity index (χ0n) is 12.7. The number of hydrogen-bond donors (Lipinski definition) is 0. The Morgan fingerprint density at radius 1 is 1.05 bits per heavy atom. The second-order valence-corrected chi connectivity index (χ2v) is 12.7. The van der Waals surface area contributed by atoms with E-state index < -0.39 is 8.07 Å². The minimum Gasteiger partial charge on any atom is -0.294 e. The van der Waals surface area contributed by atoms with Crippen molar-refractivity contribution < 1.29 is 9.59 Å². The number of Topliss-reactive ketones (excluding diaryl/α,β-unsaturated/α-hetero) is 2. The number of hydrogen-bond acceptors (Lipinski definition) is 2. The molecule has 0 unspecified atom stereocenters. The van der Waals surface area contributed by atoms with Gasteiger partial charge < -0.3 is 0 Å². The first-order valence-corrected chi connectivity index (χ1v) is 10.9. The quantitative estimate of drug-likeness (QED) is 0.568. The molecule has 104 valence electrons. The van der Waals surface area contributed by atoms with Gasteiger partial charge in [-0.3, -0.25) is 9.59 Å². The number of rotatable bonds is 2. The number of fused-ring (bicyclic) bond motifs is 1. The summed E-state index contributed by atoms with van der Waals surface area (Å²) < 4.78 is 0. The van der Waals surface area contributed by atoms with E-state index in [0.29, 0.717) is 11.1 Å². The van der Waals surface area contributed by atoms with Gasteiger partial charge in [-0.05, 0) is 43.9 Å². The van der Waals surface area contributed by atoms with Gasteiger partial charge >= 0.3 is 0 Å². The van der Waals surface area contributed by atoms with Crippen molar-refractivity contribution in [1.29, 1.82) is 0 Å². The molecule has 0 N–H and O–H groups in total. The molecule has 0 aromatic heterocycles. The lowest BCUT2D eigenvalue weighted by Crippen LogP contribution is -2.38. The Morgan fingerprint density at radius 3 is 2.11 bits per heavy atom. The van der Waals surface area contributed by atoms with Crippen molar-refractivity contribution in [3.63, 3.8) is 0 Å². The van der Waals surface area contributed by atoms with Crippen LogP contribution in [-0.2, 0) is 9.59 Å². The summed E-state index contributed by atoms with van der Waals surface area (Å²) in [5, 5.41) is 0. The van der Waals surface area contributed by atoms with Crippen molar-refractivity contribution in [1.82, 2.24) is 0 Å². The fraction of sp³-hybridized carbons (Fsp3) is 0.625. The molecule has 2 rings (SSSR count). The molecule has 0 fully saturated rings. The predicted molar refractivity (Wildman–Crippen MR) is 80.8 cm³/mol. The zero-order valence-corrected chi connectivity index (χ0v) is 13.7. The standard InChI is InChI=1S/C16H24O2Si/c1-10-11(2)16(18)14-8-12(9-19(3,4)5)6-7-13(14)15(10)17/h6,13-14H,7-9H2,1-5H3/t13-,14+/m0/s1. The first-order valence-electron chi connectivity index (χ1n) is 7.14. The van der Waals surface area contributed by atoms with Gasteiger partial charge in [0, 0.05) is 19.9 Å². The first kappa shape index (κ1) is 14.4. The van der Waals surface area contributed by atoms with E-state index in [2.05, 4.69) is 25.7 Å². The average molecular weight is 276 g/mol. The van der Waals surface area contributed by atoms with Crippen LogP contribution in [0.15, 0.2) is 22.8 Å². The van der Waals surface area contributed by atoms with E-state index in [1.165, 1.54) is 5.57 Å². The van der Waals surface area contributed by atoms with E-state index >= 15 is 0 Å². The van der Waals surface area contributed by atoms with Gasteiger partial charge in [0.1, 0.15) is 0 Å². The third kappa shape index (κ3) is 2.81. The number of allylic oxidation sites excluding steroid dienone is 4. The van der Waals surface area contributed by atoms with Gasteiger partial charge in [0.15, 0.2) is 11.6 Å². The lowest BCUT2D eigenvalue weighted by molar-refractivity contribution is -0.130. The van der Waals surface area contributed by atoms with Crippen molar-refractivity contribution in [3.05, 3.63) is 22.8 Å². The van der Waals surface area contributed by atoms with Crippen molar-refractivity contribution in [2.45, 2.75) is 52.4 Å². The smallest absolute Gasteiger partial charge is 0.163 e. The minimum atomic E-state index is -1.15. The fourth-order valence-electron chi connectivity index (χ4n) is 3.28.